The van der Waals surface area contributed by atoms with E-state index in [4.69, 9.17) is 5.73 Å². The summed E-state index contributed by atoms with van der Waals surface area (Å²) in [6, 6.07) is 12.6. The molecular weight excluding hydrogens is 272 g/mol. The molecule has 0 aliphatic rings. The third kappa shape index (κ3) is 3.52. The zero-order valence-corrected chi connectivity index (χ0v) is 11.7. The Balaban J connectivity index is 2.11. The molecule has 0 bridgehead atoms. The van der Waals surface area contributed by atoms with Crippen LogP contribution in [0.4, 0.5) is 8.78 Å². The Labute approximate surface area is 122 Å². The molecule has 110 valence electrons. The van der Waals surface area contributed by atoms with Crippen LogP contribution in [0.5, 0.6) is 0 Å². The van der Waals surface area contributed by atoms with Crippen molar-refractivity contribution in [2.45, 2.75) is 19.4 Å². The van der Waals surface area contributed by atoms with Gasteiger partial charge in [0.05, 0.1) is 0 Å². The normalized spacial score (nSPS) is 13.7. The number of rotatable bonds is 5. The van der Waals surface area contributed by atoms with E-state index in [1.165, 1.54) is 12.1 Å². The molecule has 0 saturated carbocycles. The van der Waals surface area contributed by atoms with Gasteiger partial charge in [-0.25, -0.2) is 8.78 Å². The largest absolute Gasteiger partial charge is 0.323 e. The highest BCUT2D eigenvalue weighted by atomic mass is 19.2. The second-order valence-electron chi connectivity index (χ2n) is 5.08. The van der Waals surface area contributed by atoms with Gasteiger partial charge in [0.2, 0.25) is 0 Å². The molecular formula is C17H17F2NO. The Morgan fingerprint density at radius 1 is 1.10 bits per heavy atom. The van der Waals surface area contributed by atoms with Gasteiger partial charge < -0.3 is 5.73 Å². The molecule has 2 N–H and O–H groups in total. The van der Waals surface area contributed by atoms with Crippen molar-refractivity contribution in [3.63, 3.8) is 0 Å². The van der Waals surface area contributed by atoms with Crippen molar-refractivity contribution in [3.05, 3.63) is 71.3 Å². The fraction of sp³-hybridized carbons (Fsp3) is 0.235. The second kappa shape index (κ2) is 6.59. The summed E-state index contributed by atoms with van der Waals surface area (Å²) in [6.45, 7) is 1.71. The highest BCUT2D eigenvalue weighted by Gasteiger charge is 2.23. The second-order valence-corrected chi connectivity index (χ2v) is 5.08. The van der Waals surface area contributed by atoms with Crippen molar-refractivity contribution in [2.24, 2.45) is 11.7 Å². The first-order chi connectivity index (χ1) is 10.0. The predicted molar refractivity (Wildman–Crippen MR) is 77.6 cm³/mol. The van der Waals surface area contributed by atoms with Crippen LogP contribution in [-0.2, 0) is 11.2 Å². The molecule has 2 nitrogen and oxygen atoms in total. The molecule has 2 atom stereocenters. The van der Waals surface area contributed by atoms with Crippen molar-refractivity contribution in [3.8, 4) is 0 Å². The van der Waals surface area contributed by atoms with Crippen LogP contribution in [0.1, 0.15) is 24.1 Å². The molecule has 2 unspecified atom stereocenters. The summed E-state index contributed by atoms with van der Waals surface area (Å²) < 4.78 is 26.7. The number of hydrogen-bond acceptors (Lipinski definition) is 2. The summed E-state index contributed by atoms with van der Waals surface area (Å²) >= 11 is 0. The lowest BCUT2D eigenvalue weighted by atomic mass is 9.89. The van der Waals surface area contributed by atoms with E-state index >= 15 is 0 Å². The maximum absolute atomic E-state index is 13.6. The Hall–Kier alpha value is -2.07. The van der Waals surface area contributed by atoms with Gasteiger partial charge in [-0.15, -0.1) is 0 Å². The molecule has 0 saturated heterocycles. The predicted octanol–water partition coefficient (Wildman–Crippen LogP) is 3.41. The van der Waals surface area contributed by atoms with E-state index in [9.17, 15) is 13.6 Å². The average molecular weight is 289 g/mol. The first-order valence-electron chi connectivity index (χ1n) is 6.77. The van der Waals surface area contributed by atoms with Gasteiger partial charge in [-0.2, -0.15) is 0 Å². The minimum absolute atomic E-state index is 0.0621. The first-order valence-corrected chi connectivity index (χ1v) is 6.77. The molecule has 0 spiro atoms. The molecule has 2 aromatic rings. The highest BCUT2D eigenvalue weighted by molar-refractivity contribution is 5.83. The Morgan fingerprint density at radius 2 is 1.76 bits per heavy atom. The lowest BCUT2D eigenvalue weighted by molar-refractivity contribution is -0.122. The van der Waals surface area contributed by atoms with Crippen LogP contribution in [0.25, 0.3) is 0 Å². The van der Waals surface area contributed by atoms with Crippen LogP contribution in [-0.4, -0.2) is 5.78 Å². The van der Waals surface area contributed by atoms with E-state index < -0.39 is 23.6 Å². The summed E-state index contributed by atoms with van der Waals surface area (Å²) in [6.07, 6.45) is -0.161. The molecule has 0 aliphatic heterocycles. The summed E-state index contributed by atoms with van der Waals surface area (Å²) in [5.74, 6) is -2.60. The van der Waals surface area contributed by atoms with Crippen molar-refractivity contribution in [1.29, 1.82) is 0 Å². The quantitative estimate of drug-likeness (QED) is 0.916. The Morgan fingerprint density at radius 3 is 2.43 bits per heavy atom. The smallest absolute Gasteiger partial charge is 0.162 e. The van der Waals surface area contributed by atoms with E-state index in [-0.39, 0.29) is 17.8 Å². The number of carbonyl (C=O) groups is 1. The van der Waals surface area contributed by atoms with Gasteiger partial charge in [0.25, 0.3) is 0 Å². The fourth-order valence-electron chi connectivity index (χ4n) is 2.20. The zero-order valence-electron chi connectivity index (χ0n) is 11.7. The van der Waals surface area contributed by atoms with Gasteiger partial charge in [-0.1, -0.05) is 49.4 Å². The van der Waals surface area contributed by atoms with Crippen LogP contribution < -0.4 is 5.73 Å². The van der Waals surface area contributed by atoms with E-state index in [1.54, 1.807) is 6.92 Å². The summed E-state index contributed by atoms with van der Waals surface area (Å²) in [5.41, 5.74) is 6.98. The van der Waals surface area contributed by atoms with Gasteiger partial charge in [0, 0.05) is 18.4 Å². The molecule has 21 heavy (non-hydrogen) atoms. The van der Waals surface area contributed by atoms with Crippen molar-refractivity contribution < 1.29 is 13.6 Å². The van der Waals surface area contributed by atoms with Crippen molar-refractivity contribution in [2.75, 3.05) is 0 Å². The monoisotopic (exact) mass is 289 g/mol. The third-order valence-electron chi connectivity index (χ3n) is 3.63. The van der Waals surface area contributed by atoms with Crippen LogP contribution >= 0.6 is 0 Å². The lowest BCUT2D eigenvalue weighted by Gasteiger charge is -2.19. The van der Waals surface area contributed by atoms with E-state index in [0.29, 0.717) is 0 Å². The number of benzene rings is 2. The maximum Gasteiger partial charge on any atom is 0.162 e. The molecule has 0 aliphatic carbocycles. The molecule has 2 rings (SSSR count). The van der Waals surface area contributed by atoms with Gasteiger partial charge in [-0.3, -0.25) is 4.79 Å². The standard InChI is InChI=1S/C17H17F2NO/c1-11(17(20)12-6-3-2-4-7-12)15(21)10-13-8-5-9-14(18)16(13)19/h2-9,11,17H,10,20H2,1H3. The summed E-state index contributed by atoms with van der Waals surface area (Å²) in [4.78, 5) is 12.2. The first kappa shape index (κ1) is 15.3. The molecule has 0 radical (unpaired) electrons. The average Bonchev–Trinajstić information content (AvgIpc) is 2.51. The van der Waals surface area contributed by atoms with Crippen LogP contribution in [0.2, 0.25) is 0 Å². The fourth-order valence-corrected chi connectivity index (χ4v) is 2.20. The van der Waals surface area contributed by atoms with Gasteiger partial charge in [-0.05, 0) is 17.2 Å². The molecule has 0 fully saturated rings. The minimum atomic E-state index is -0.966. The molecule has 0 amide bonds. The highest BCUT2D eigenvalue weighted by Crippen LogP contribution is 2.22. The number of ketones is 1. The van der Waals surface area contributed by atoms with E-state index in [2.05, 4.69) is 0 Å². The number of halogens is 2. The Kier molecular flexibility index (Phi) is 4.81. The summed E-state index contributed by atoms with van der Waals surface area (Å²) in [7, 11) is 0. The van der Waals surface area contributed by atoms with Gasteiger partial charge in [0.1, 0.15) is 5.78 Å². The lowest BCUT2D eigenvalue weighted by Crippen LogP contribution is -2.27. The minimum Gasteiger partial charge on any atom is -0.323 e. The third-order valence-corrected chi connectivity index (χ3v) is 3.63. The maximum atomic E-state index is 13.6. The number of Topliss-reactive ketones (excluding diaryl/α,β-unsaturated/α-hetero) is 1. The number of carbonyl (C=O) groups excluding carboxylic acids is 1. The van der Waals surface area contributed by atoms with Crippen molar-refractivity contribution >= 4 is 5.78 Å². The molecule has 0 aromatic heterocycles. The molecule has 0 heterocycles. The topological polar surface area (TPSA) is 43.1 Å². The van der Waals surface area contributed by atoms with E-state index in [0.717, 1.165) is 11.6 Å². The summed E-state index contributed by atoms with van der Waals surface area (Å²) in [5, 5.41) is 0. The zero-order chi connectivity index (χ0) is 15.4. The van der Waals surface area contributed by atoms with Crippen molar-refractivity contribution in [1.82, 2.24) is 0 Å². The molecule has 4 heteroatoms. The van der Waals surface area contributed by atoms with Crippen LogP contribution in [0.3, 0.4) is 0 Å². The Bertz CT molecular complexity index is 628. The van der Waals surface area contributed by atoms with Gasteiger partial charge in [0.15, 0.2) is 11.6 Å². The SMILES string of the molecule is CC(C(=O)Cc1cccc(F)c1F)C(N)c1ccccc1. The van der Waals surface area contributed by atoms with Crippen LogP contribution in [0, 0.1) is 17.6 Å². The number of nitrogens with two attached hydrogens (primary N) is 1. The number of hydrogen-bond donors (Lipinski definition) is 1. The van der Waals surface area contributed by atoms with Gasteiger partial charge >= 0.3 is 0 Å². The van der Waals surface area contributed by atoms with E-state index in [1.807, 2.05) is 30.3 Å². The van der Waals surface area contributed by atoms with Crippen LogP contribution in [0.15, 0.2) is 48.5 Å². The molecule has 2 aromatic carbocycles.